The lowest BCUT2D eigenvalue weighted by Crippen LogP contribution is -2.46. The number of amides is 1. The molecule has 1 aromatic carbocycles. The topological polar surface area (TPSA) is 66.8 Å². The third-order valence-electron chi connectivity index (χ3n) is 4.08. The van der Waals surface area contributed by atoms with Gasteiger partial charge in [0.25, 0.3) is 0 Å². The maximum atomic E-state index is 12.4. The Morgan fingerprint density at radius 3 is 2.52 bits per heavy atom. The van der Waals surface area contributed by atoms with Crippen LogP contribution in [-0.4, -0.2) is 41.6 Å². The Bertz CT molecular complexity index is 502. The van der Waals surface area contributed by atoms with Gasteiger partial charge in [0, 0.05) is 12.5 Å². The van der Waals surface area contributed by atoms with E-state index in [2.05, 4.69) is 0 Å². The summed E-state index contributed by atoms with van der Waals surface area (Å²) in [6.07, 6.45) is -0.142. The highest BCUT2D eigenvalue weighted by Gasteiger charge is 2.32. The number of carbonyl (C=O) groups excluding carboxylic acids is 1. The molecule has 1 fully saturated rings. The van der Waals surface area contributed by atoms with Crippen molar-refractivity contribution in [2.45, 2.75) is 20.0 Å². The Morgan fingerprint density at radius 1 is 1.24 bits per heavy atom. The zero-order chi connectivity index (χ0) is 15.4. The molecule has 0 aliphatic carbocycles. The van der Waals surface area contributed by atoms with Gasteiger partial charge in [-0.15, -0.1) is 0 Å². The number of carboxylic acids is 1. The molecule has 1 aliphatic rings. The summed E-state index contributed by atoms with van der Waals surface area (Å²) in [6.45, 7) is 4.70. The molecule has 0 aromatic heterocycles. The molecule has 5 nitrogen and oxygen atoms in total. The summed E-state index contributed by atoms with van der Waals surface area (Å²) in [5.41, 5.74) is 1.04. The van der Waals surface area contributed by atoms with Gasteiger partial charge in [0.2, 0.25) is 5.91 Å². The number of hydrogen-bond acceptors (Lipinski definition) is 3. The largest absolute Gasteiger partial charge is 0.481 e. The number of rotatable bonds is 4. The lowest BCUT2D eigenvalue weighted by molar-refractivity contribution is -0.152. The van der Waals surface area contributed by atoms with Gasteiger partial charge in [-0.1, -0.05) is 44.2 Å². The van der Waals surface area contributed by atoms with Crippen LogP contribution in [0.4, 0.5) is 0 Å². The van der Waals surface area contributed by atoms with Crippen LogP contribution in [0.15, 0.2) is 30.3 Å². The molecule has 3 unspecified atom stereocenters. The summed E-state index contributed by atoms with van der Waals surface area (Å²) in [5, 5.41) is 9.03. The van der Waals surface area contributed by atoms with Crippen molar-refractivity contribution in [2.75, 3.05) is 19.7 Å². The van der Waals surface area contributed by atoms with E-state index in [0.717, 1.165) is 5.56 Å². The molecule has 0 saturated carbocycles. The Labute approximate surface area is 124 Å². The van der Waals surface area contributed by atoms with Gasteiger partial charge in [-0.25, -0.2) is 0 Å². The van der Waals surface area contributed by atoms with E-state index in [-0.39, 0.29) is 12.0 Å². The van der Waals surface area contributed by atoms with Gasteiger partial charge in [0.05, 0.1) is 19.1 Å². The molecule has 1 heterocycles. The molecule has 3 atom stereocenters. The standard InChI is InChI=1S/C16H21NO4/c1-11(12(2)16(19)20)15(18)17-8-9-21-14(10-17)13-6-4-3-5-7-13/h3-7,11-12,14H,8-10H2,1-2H3,(H,19,20). The highest BCUT2D eigenvalue weighted by Crippen LogP contribution is 2.24. The minimum Gasteiger partial charge on any atom is -0.481 e. The van der Waals surface area contributed by atoms with Crippen LogP contribution in [0, 0.1) is 11.8 Å². The smallest absolute Gasteiger partial charge is 0.307 e. The van der Waals surface area contributed by atoms with E-state index in [9.17, 15) is 9.59 Å². The van der Waals surface area contributed by atoms with E-state index < -0.39 is 17.8 Å². The molecular formula is C16H21NO4. The zero-order valence-corrected chi connectivity index (χ0v) is 12.4. The van der Waals surface area contributed by atoms with Crippen molar-refractivity contribution < 1.29 is 19.4 Å². The van der Waals surface area contributed by atoms with Gasteiger partial charge in [-0.05, 0) is 5.56 Å². The first-order chi connectivity index (χ1) is 10.0. The number of carbonyl (C=O) groups is 2. The highest BCUT2D eigenvalue weighted by molar-refractivity contribution is 5.84. The number of nitrogens with zero attached hydrogens (tertiary/aromatic N) is 1. The van der Waals surface area contributed by atoms with Crippen LogP contribution in [0.5, 0.6) is 0 Å². The number of carboxylic acid groups (broad SMARTS) is 1. The predicted octanol–water partition coefficient (Wildman–Crippen LogP) is 1.94. The van der Waals surface area contributed by atoms with Crippen LogP contribution >= 0.6 is 0 Å². The second kappa shape index (κ2) is 6.72. The normalized spacial score (nSPS) is 21.6. The van der Waals surface area contributed by atoms with Crippen molar-refractivity contribution >= 4 is 11.9 Å². The summed E-state index contributed by atoms with van der Waals surface area (Å²) in [7, 11) is 0. The van der Waals surface area contributed by atoms with Crippen LogP contribution in [0.25, 0.3) is 0 Å². The van der Waals surface area contributed by atoms with E-state index in [1.165, 1.54) is 0 Å². The SMILES string of the molecule is CC(C(=O)O)C(C)C(=O)N1CCOC(c2ccccc2)C1. The van der Waals surface area contributed by atoms with Crippen molar-refractivity contribution in [1.82, 2.24) is 4.90 Å². The van der Waals surface area contributed by atoms with Crippen LogP contribution in [0.1, 0.15) is 25.5 Å². The average Bonchev–Trinajstić information content (AvgIpc) is 2.53. The van der Waals surface area contributed by atoms with Crippen LogP contribution in [0.3, 0.4) is 0 Å². The molecular weight excluding hydrogens is 270 g/mol. The third-order valence-corrected chi connectivity index (χ3v) is 4.08. The molecule has 1 amide bonds. The fraction of sp³-hybridized carbons (Fsp3) is 0.500. The van der Waals surface area contributed by atoms with Crippen molar-refractivity contribution in [3.05, 3.63) is 35.9 Å². The van der Waals surface area contributed by atoms with Gasteiger partial charge in [-0.3, -0.25) is 9.59 Å². The molecule has 1 aromatic rings. The zero-order valence-electron chi connectivity index (χ0n) is 12.4. The quantitative estimate of drug-likeness (QED) is 0.920. The van der Waals surface area contributed by atoms with E-state index in [1.807, 2.05) is 30.3 Å². The second-order valence-electron chi connectivity index (χ2n) is 5.47. The van der Waals surface area contributed by atoms with Crippen molar-refractivity contribution in [3.63, 3.8) is 0 Å². The molecule has 114 valence electrons. The van der Waals surface area contributed by atoms with E-state index >= 15 is 0 Å². The van der Waals surface area contributed by atoms with Gasteiger partial charge >= 0.3 is 5.97 Å². The lowest BCUT2D eigenvalue weighted by atomic mass is 9.94. The van der Waals surface area contributed by atoms with Gasteiger partial charge in [0.15, 0.2) is 0 Å². The molecule has 1 aliphatic heterocycles. The second-order valence-corrected chi connectivity index (χ2v) is 5.47. The molecule has 0 radical (unpaired) electrons. The van der Waals surface area contributed by atoms with E-state index in [4.69, 9.17) is 9.84 Å². The Kier molecular flexibility index (Phi) is 4.96. The molecule has 1 N–H and O–H groups in total. The van der Waals surface area contributed by atoms with Crippen LogP contribution in [0.2, 0.25) is 0 Å². The van der Waals surface area contributed by atoms with Gasteiger partial charge in [0.1, 0.15) is 6.10 Å². The maximum Gasteiger partial charge on any atom is 0.307 e. The summed E-state index contributed by atoms with van der Waals surface area (Å²) < 4.78 is 5.72. The van der Waals surface area contributed by atoms with Gasteiger partial charge < -0.3 is 14.7 Å². The van der Waals surface area contributed by atoms with Crippen molar-refractivity contribution in [1.29, 1.82) is 0 Å². The lowest BCUT2D eigenvalue weighted by Gasteiger charge is -2.35. The van der Waals surface area contributed by atoms with Crippen LogP contribution < -0.4 is 0 Å². The number of morpholine rings is 1. The molecule has 1 saturated heterocycles. The third kappa shape index (κ3) is 3.61. The minimum atomic E-state index is -0.941. The Morgan fingerprint density at radius 2 is 1.90 bits per heavy atom. The number of hydrogen-bond donors (Lipinski definition) is 1. The molecule has 0 spiro atoms. The average molecular weight is 291 g/mol. The first-order valence-corrected chi connectivity index (χ1v) is 7.19. The fourth-order valence-electron chi connectivity index (χ4n) is 2.43. The number of benzene rings is 1. The Hall–Kier alpha value is -1.88. The van der Waals surface area contributed by atoms with E-state index in [0.29, 0.717) is 19.7 Å². The summed E-state index contributed by atoms with van der Waals surface area (Å²) in [5.74, 6) is -2.27. The summed E-state index contributed by atoms with van der Waals surface area (Å²) in [4.78, 5) is 25.2. The summed E-state index contributed by atoms with van der Waals surface area (Å²) in [6, 6.07) is 9.76. The van der Waals surface area contributed by atoms with Gasteiger partial charge in [-0.2, -0.15) is 0 Å². The predicted molar refractivity (Wildman–Crippen MR) is 77.7 cm³/mol. The molecule has 0 bridgehead atoms. The highest BCUT2D eigenvalue weighted by atomic mass is 16.5. The molecule has 5 heteroatoms. The van der Waals surface area contributed by atoms with Crippen LogP contribution in [-0.2, 0) is 14.3 Å². The first-order valence-electron chi connectivity index (χ1n) is 7.19. The van der Waals surface area contributed by atoms with Crippen molar-refractivity contribution in [2.24, 2.45) is 11.8 Å². The minimum absolute atomic E-state index is 0.117. The fourth-order valence-corrected chi connectivity index (χ4v) is 2.43. The number of aliphatic carboxylic acids is 1. The maximum absolute atomic E-state index is 12.4. The molecule has 2 rings (SSSR count). The summed E-state index contributed by atoms with van der Waals surface area (Å²) >= 11 is 0. The van der Waals surface area contributed by atoms with Crippen molar-refractivity contribution in [3.8, 4) is 0 Å². The Balaban J connectivity index is 2.04. The first kappa shape index (κ1) is 15.5. The number of ether oxygens (including phenoxy) is 1. The monoisotopic (exact) mass is 291 g/mol. The molecule has 21 heavy (non-hydrogen) atoms. The van der Waals surface area contributed by atoms with E-state index in [1.54, 1.807) is 18.7 Å².